The van der Waals surface area contributed by atoms with Crippen LogP contribution in [0.25, 0.3) is 0 Å². The van der Waals surface area contributed by atoms with Crippen LogP contribution in [-0.2, 0) is 61.0 Å². The zero-order valence-electron chi connectivity index (χ0n) is 40.0. The van der Waals surface area contributed by atoms with Gasteiger partial charge in [-0.25, -0.2) is 14.4 Å². The summed E-state index contributed by atoms with van der Waals surface area (Å²) < 4.78 is 10.5. The number of hydrogen-bond donors (Lipinski definition) is 5. The molecule has 7 amide bonds. The van der Waals surface area contributed by atoms with Gasteiger partial charge in [0.1, 0.15) is 49.5 Å². The normalized spacial score (nSPS) is 19.5. The number of ether oxygens (including phenoxy) is 2. The van der Waals surface area contributed by atoms with Crippen LogP contribution in [0.2, 0.25) is 0 Å². The quantitative estimate of drug-likeness (QED) is 0.133. The molecule has 71 heavy (non-hydrogen) atoms. The molecule has 2 aromatic rings. The maximum atomic E-state index is 14.6. The van der Waals surface area contributed by atoms with Gasteiger partial charge in [0.25, 0.3) is 0 Å². The number of likely N-dealkylation sites (N-methyl/N-ethyl adjacent to an activating group) is 4. The number of nitrogens with two attached hydrogens (primary N) is 1. The Labute approximate surface area is 437 Å². The summed E-state index contributed by atoms with van der Waals surface area (Å²) in [5.74, 6) is -5.70. The van der Waals surface area contributed by atoms with Crippen molar-refractivity contribution in [2.45, 2.75) is 49.5 Å². The Morgan fingerprint density at radius 2 is 1.44 bits per heavy atom. The molecule has 1 fully saturated rings. The summed E-state index contributed by atoms with van der Waals surface area (Å²) in [6.07, 6.45) is 1.41. The minimum absolute atomic E-state index is 0.0479. The van der Waals surface area contributed by atoms with Gasteiger partial charge in [-0.3, -0.25) is 33.6 Å². The molecule has 1 heterocycles. The van der Waals surface area contributed by atoms with Crippen LogP contribution in [0, 0.1) is 0 Å². The average Bonchev–Trinajstić information content (AvgIpc) is 3.37. The van der Waals surface area contributed by atoms with E-state index < -0.39 is 113 Å². The highest BCUT2D eigenvalue weighted by Crippen LogP contribution is 2.28. The van der Waals surface area contributed by atoms with Crippen LogP contribution in [0.1, 0.15) is 11.1 Å². The first-order valence-electron chi connectivity index (χ1n) is 21.6. The number of nitrogens with one attached hydrogen (secondary N) is 3. The third-order valence-corrected chi connectivity index (χ3v) is 16.4. The van der Waals surface area contributed by atoms with E-state index in [2.05, 4.69) is 16.0 Å². The van der Waals surface area contributed by atoms with Gasteiger partial charge in [-0.05, 0) is 23.6 Å². The number of carbonyl (C=O) groups is 10. The van der Waals surface area contributed by atoms with E-state index in [-0.39, 0.29) is 42.0 Å². The molecular weight excluding hydrogens is 1040 g/mol. The number of nitrogens with zero attached hydrogens (tertiary/aromatic N) is 4. The molecule has 0 saturated carbocycles. The number of rotatable bonds is 18. The van der Waals surface area contributed by atoms with E-state index >= 15 is 0 Å². The van der Waals surface area contributed by atoms with Crippen LogP contribution in [0.5, 0.6) is 0 Å². The van der Waals surface area contributed by atoms with Crippen LogP contribution in [-0.4, -0.2) is 207 Å². The van der Waals surface area contributed by atoms with Crippen LogP contribution in [0.4, 0.5) is 9.59 Å². The molecule has 1 unspecified atom stereocenters. The summed E-state index contributed by atoms with van der Waals surface area (Å²) in [5.41, 5.74) is 7.02. The molecule has 27 heteroatoms. The second-order valence-electron chi connectivity index (χ2n) is 15.5. The van der Waals surface area contributed by atoms with E-state index in [1.54, 1.807) is 73.2 Å². The number of carbonyl (C=O) groups excluding carboxylic acids is 9. The molecule has 6 N–H and O–H groups in total. The first kappa shape index (κ1) is 60.5. The monoisotopic (exact) mass is 1100 g/mol. The van der Waals surface area contributed by atoms with Gasteiger partial charge in [0.05, 0.1) is 13.1 Å². The number of carboxylic acids is 1. The molecular formula is C44H60N8O13S6. The molecule has 0 spiro atoms. The lowest BCUT2D eigenvalue weighted by atomic mass is 10.2. The van der Waals surface area contributed by atoms with Gasteiger partial charge >= 0.3 is 18.2 Å². The van der Waals surface area contributed by atoms with Crippen molar-refractivity contribution in [3.05, 3.63) is 71.8 Å². The second-order valence-corrected chi connectivity index (χ2v) is 21.9. The highest BCUT2D eigenvalue weighted by molar-refractivity contribution is 8.76. The van der Waals surface area contributed by atoms with Crippen molar-refractivity contribution in [3.63, 3.8) is 0 Å². The van der Waals surface area contributed by atoms with Crippen molar-refractivity contribution in [2.75, 3.05) is 88.3 Å². The molecule has 1 aliphatic rings. The van der Waals surface area contributed by atoms with Crippen molar-refractivity contribution in [1.29, 1.82) is 0 Å². The molecule has 2 aromatic carbocycles. The minimum atomic E-state index is -1.54. The Balaban J connectivity index is 1.92. The fourth-order valence-corrected chi connectivity index (χ4v) is 12.4. The van der Waals surface area contributed by atoms with Crippen molar-refractivity contribution in [2.24, 2.45) is 5.73 Å². The molecule has 6 atom stereocenters. The Hall–Kier alpha value is -4.80. The number of aliphatic carboxylic acids is 1. The van der Waals surface area contributed by atoms with E-state index in [1.807, 2.05) is 0 Å². The van der Waals surface area contributed by atoms with Crippen LogP contribution >= 0.6 is 68.6 Å². The standard InChI is InChI=1S/C44H60N8O13S6/c1-49(35(53)17-45)31-25-70-71-26-32(39(57)52(4)34(24-67-6)42(61)69-22-30(40(58)59)48-44(63)65-20-28-15-11-8-12-16-28)50(2)36(54)18-46-37(55)29(47-43(62)64-19-27-13-9-7-10-14-27)21-68-41(60)33(23-66-5)51(3)38(31)56/h7-16,29-34H,17-26,45H2,1-6H3,(H,46,55)(H,47,62)(H,48,63)(H,58,59)/t29-,30?,31+,32+,33+,34+/m1/s1. The van der Waals surface area contributed by atoms with Crippen molar-refractivity contribution in [1.82, 2.24) is 35.6 Å². The van der Waals surface area contributed by atoms with E-state index in [1.165, 1.54) is 61.5 Å². The maximum Gasteiger partial charge on any atom is 0.408 e. The van der Waals surface area contributed by atoms with Crippen LogP contribution in [0.3, 0.4) is 0 Å². The lowest BCUT2D eigenvalue weighted by molar-refractivity contribution is -0.144. The minimum Gasteiger partial charge on any atom is -0.480 e. The molecule has 3 rings (SSSR count). The van der Waals surface area contributed by atoms with Gasteiger partial charge in [-0.1, -0.05) is 106 Å². The third kappa shape index (κ3) is 19.6. The van der Waals surface area contributed by atoms with Gasteiger partial charge in [-0.15, -0.1) is 0 Å². The molecule has 1 aliphatic heterocycles. The smallest absolute Gasteiger partial charge is 0.408 e. The molecule has 21 nitrogen and oxygen atoms in total. The van der Waals surface area contributed by atoms with Crippen LogP contribution < -0.4 is 21.7 Å². The van der Waals surface area contributed by atoms with Crippen molar-refractivity contribution >= 4 is 127 Å². The molecule has 1 saturated heterocycles. The number of alkyl carbamates (subject to hydrolysis) is 2. The Morgan fingerprint density at radius 1 is 0.845 bits per heavy atom. The summed E-state index contributed by atoms with van der Waals surface area (Å²) in [5, 5.41) is 15.9. The highest BCUT2D eigenvalue weighted by Gasteiger charge is 2.39. The number of hydrogen-bond acceptors (Lipinski definition) is 19. The summed E-state index contributed by atoms with van der Waals surface area (Å²) in [7, 11) is 7.68. The van der Waals surface area contributed by atoms with Gasteiger partial charge in [0, 0.05) is 62.7 Å². The summed E-state index contributed by atoms with van der Waals surface area (Å²) >= 11 is 3.76. The molecule has 0 radical (unpaired) electrons. The summed E-state index contributed by atoms with van der Waals surface area (Å²) in [6, 6.07) is 9.78. The van der Waals surface area contributed by atoms with Gasteiger partial charge in [0.2, 0.25) is 39.8 Å². The zero-order chi connectivity index (χ0) is 52.6. The topological polar surface area (TPSA) is 284 Å². The van der Waals surface area contributed by atoms with Crippen LogP contribution in [0.15, 0.2) is 60.7 Å². The lowest BCUT2D eigenvalue weighted by Gasteiger charge is -2.35. The average molecular weight is 1100 g/mol. The number of carboxylic acid groups (broad SMARTS) is 1. The number of amides is 7. The molecule has 0 bridgehead atoms. The first-order valence-corrected chi connectivity index (χ1v) is 28.8. The van der Waals surface area contributed by atoms with E-state index in [0.29, 0.717) is 34.7 Å². The first-order chi connectivity index (χ1) is 33.8. The molecule has 390 valence electrons. The number of thioether (sulfide) groups is 4. The van der Waals surface area contributed by atoms with E-state index in [9.17, 15) is 53.1 Å². The fourth-order valence-electron chi connectivity index (χ4n) is 6.29. The van der Waals surface area contributed by atoms with Crippen molar-refractivity contribution < 1.29 is 62.5 Å². The lowest BCUT2D eigenvalue weighted by Crippen LogP contribution is -2.56. The number of benzene rings is 2. The van der Waals surface area contributed by atoms with Gasteiger partial charge in [0.15, 0.2) is 0 Å². The second kappa shape index (κ2) is 31.6. The molecule has 0 aliphatic carbocycles. The van der Waals surface area contributed by atoms with Gasteiger partial charge < -0.3 is 55.9 Å². The summed E-state index contributed by atoms with van der Waals surface area (Å²) in [4.78, 5) is 139. The van der Waals surface area contributed by atoms with E-state index in [0.717, 1.165) is 31.4 Å². The Kier molecular flexibility index (Phi) is 26.9. The maximum absolute atomic E-state index is 14.6. The predicted octanol–water partition coefficient (Wildman–Crippen LogP) is 1.68. The van der Waals surface area contributed by atoms with Gasteiger partial charge in [-0.2, -0.15) is 23.5 Å². The largest absolute Gasteiger partial charge is 0.480 e. The predicted molar refractivity (Wildman–Crippen MR) is 280 cm³/mol. The van der Waals surface area contributed by atoms with E-state index in [4.69, 9.17) is 15.2 Å². The highest BCUT2D eigenvalue weighted by atomic mass is 33.1. The Bertz CT molecular complexity index is 2150. The van der Waals surface area contributed by atoms with Crippen molar-refractivity contribution in [3.8, 4) is 0 Å². The Morgan fingerprint density at radius 3 is 2.00 bits per heavy atom. The third-order valence-electron chi connectivity index (χ3n) is 10.6. The molecule has 0 aromatic heterocycles. The SMILES string of the molecule is CSC[C@H]1C(=O)SC[C@@H](NC(=O)OCc2ccccc2)C(=O)NCC(=O)N(C)[C@H](C(=O)N(C)[C@@H](CSC)C(=O)SCC(NC(=O)OCc2ccccc2)C(=O)O)CSSC[C@H](N(C)C(=O)CN)C(=O)N1C. The fraction of sp³-hybridized carbons (Fsp3) is 0.500. The summed E-state index contributed by atoms with van der Waals surface area (Å²) in [6.45, 7) is -1.36. The zero-order valence-corrected chi connectivity index (χ0v) is 44.9.